The average molecular weight is 208 g/mol. The first-order chi connectivity index (χ1) is 6.66. The molecule has 0 aliphatic heterocycles. The van der Waals surface area contributed by atoms with Crippen LogP contribution in [0.3, 0.4) is 0 Å². The lowest BCUT2D eigenvalue weighted by atomic mass is 10.2. The van der Waals surface area contributed by atoms with E-state index < -0.39 is 0 Å². The summed E-state index contributed by atoms with van der Waals surface area (Å²) in [4.78, 5) is 4.23. The van der Waals surface area contributed by atoms with Gasteiger partial charge in [0.1, 0.15) is 0 Å². The summed E-state index contributed by atoms with van der Waals surface area (Å²) in [5, 5.41) is 4.90. The molecule has 4 heteroatoms. The van der Waals surface area contributed by atoms with E-state index in [2.05, 4.69) is 10.1 Å². The topological polar surface area (TPSA) is 30.7 Å². The molecule has 0 bridgehead atoms. The van der Waals surface area contributed by atoms with Crippen LogP contribution in [-0.4, -0.2) is 14.8 Å². The summed E-state index contributed by atoms with van der Waals surface area (Å²) in [6.07, 6.45) is 1.64. The number of aromatic nitrogens is 3. The highest BCUT2D eigenvalue weighted by Crippen LogP contribution is 2.18. The minimum atomic E-state index is 0.646. The molecule has 0 aliphatic carbocycles. The number of aryl methyl sites for hydroxylation is 2. The largest absolute Gasteiger partial charge is 0.266 e. The van der Waals surface area contributed by atoms with Crippen LogP contribution in [0.4, 0.5) is 0 Å². The predicted molar refractivity (Wildman–Crippen MR) is 56.2 cm³/mol. The van der Waals surface area contributed by atoms with Crippen molar-refractivity contribution in [2.75, 3.05) is 0 Å². The van der Waals surface area contributed by atoms with Crippen molar-refractivity contribution in [1.29, 1.82) is 0 Å². The van der Waals surface area contributed by atoms with Gasteiger partial charge in [-0.15, -0.1) is 0 Å². The van der Waals surface area contributed by atoms with Gasteiger partial charge in [-0.1, -0.05) is 11.6 Å². The Morgan fingerprint density at radius 2 is 2.14 bits per heavy atom. The van der Waals surface area contributed by atoms with Crippen molar-refractivity contribution in [3.63, 3.8) is 0 Å². The maximum Gasteiger partial charge on any atom is 0.0884 e. The third-order valence-electron chi connectivity index (χ3n) is 1.99. The highest BCUT2D eigenvalue weighted by atomic mass is 35.5. The highest BCUT2D eigenvalue weighted by molar-refractivity contribution is 6.30. The highest BCUT2D eigenvalue weighted by Gasteiger charge is 2.05. The summed E-state index contributed by atoms with van der Waals surface area (Å²) >= 11 is 5.76. The second kappa shape index (κ2) is 3.42. The summed E-state index contributed by atoms with van der Waals surface area (Å²) in [6, 6.07) is 5.71. The van der Waals surface area contributed by atoms with Gasteiger partial charge in [0.15, 0.2) is 0 Å². The average Bonchev–Trinajstić information content (AvgIpc) is 2.47. The maximum absolute atomic E-state index is 5.76. The first-order valence-corrected chi connectivity index (χ1v) is 4.67. The van der Waals surface area contributed by atoms with Crippen LogP contribution >= 0.6 is 11.6 Å². The molecule has 0 amide bonds. The molecule has 0 fully saturated rings. The van der Waals surface area contributed by atoms with E-state index in [1.807, 2.05) is 36.9 Å². The fourth-order valence-corrected chi connectivity index (χ4v) is 1.49. The fraction of sp³-hybridized carbons (Fsp3) is 0.200. The monoisotopic (exact) mass is 207 g/mol. The van der Waals surface area contributed by atoms with E-state index in [0.29, 0.717) is 5.02 Å². The molecule has 0 saturated heterocycles. The van der Waals surface area contributed by atoms with Gasteiger partial charge in [0, 0.05) is 13.2 Å². The Balaban J connectivity index is 2.49. The van der Waals surface area contributed by atoms with Gasteiger partial charge in [-0.05, 0) is 25.1 Å². The number of halogens is 1. The Morgan fingerprint density at radius 3 is 2.64 bits per heavy atom. The molecule has 0 N–H and O–H groups in total. The molecule has 0 unspecified atom stereocenters. The molecule has 72 valence electrons. The van der Waals surface area contributed by atoms with Crippen LogP contribution in [-0.2, 0) is 7.05 Å². The summed E-state index contributed by atoms with van der Waals surface area (Å²) in [5.74, 6) is 0. The zero-order chi connectivity index (χ0) is 10.1. The molecule has 2 heterocycles. The minimum absolute atomic E-state index is 0.646. The van der Waals surface area contributed by atoms with Crippen LogP contribution in [0.1, 0.15) is 5.69 Å². The zero-order valence-electron chi connectivity index (χ0n) is 8.03. The predicted octanol–water partition coefficient (Wildman–Crippen LogP) is 2.44. The Labute approximate surface area is 87.3 Å². The standard InChI is InChI=1S/C10H10ClN3/c1-7-5-10(14(2)13-7)9-4-3-8(11)6-12-9/h3-6H,1-2H3. The number of hydrogen-bond donors (Lipinski definition) is 0. The van der Waals surface area contributed by atoms with Crippen LogP contribution in [0.2, 0.25) is 5.02 Å². The quantitative estimate of drug-likeness (QED) is 0.719. The van der Waals surface area contributed by atoms with Gasteiger partial charge in [-0.3, -0.25) is 9.67 Å². The number of nitrogens with zero attached hydrogens (tertiary/aromatic N) is 3. The zero-order valence-corrected chi connectivity index (χ0v) is 8.78. The smallest absolute Gasteiger partial charge is 0.0884 e. The van der Waals surface area contributed by atoms with Crippen LogP contribution in [0.25, 0.3) is 11.4 Å². The van der Waals surface area contributed by atoms with Crippen LogP contribution in [0.5, 0.6) is 0 Å². The lowest BCUT2D eigenvalue weighted by Gasteiger charge is -1.99. The van der Waals surface area contributed by atoms with Crippen molar-refractivity contribution in [2.45, 2.75) is 6.92 Å². The van der Waals surface area contributed by atoms with Crippen LogP contribution in [0.15, 0.2) is 24.4 Å². The molecular weight excluding hydrogens is 198 g/mol. The first-order valence-electron chi connectivity index (χ1n) is 4.29. The molecule has 0 atom stereocenters. The normalized spacial score (nSPS) is 10.5. The van der Waals surface area contributed by atoms with Crippen molar-refractivity contribution >= 4 is 11.6 Å². The van der Waals surface area contributed by atoms with E-state index in [0.717, 1.165) is 17.1 Å². The van der Waals surface area contributed by atoms with Crippen molar-refractivity contribution in [3.8, 4) is 11.4 Å². The second-order valence-corrected chi connectivity index (χ2v) is 3.59. The molecular formula is C10H10ClN3. The Hall–Kier alpha value is -1.35. The van der Waals surface area contributed by atoms with Gasteiger partial charge in [0.25, 0.3) is 0 Å². The van der Waals surface area contributed by atoms with Crippen LogP contribution < -0.4 is 0 Å². The van der Waals surface area contributed by atoms with Gasteiger partial charge in [0.05, 0.1) is 22.1 Å². The summed E-state index contributed by atoms with van der Waals surface area (Å²) in [7, 11) is 1.90. The van der Waals surface area contributed by atoms with E-state index >= 15 is 0 Å². The molecule has 3 nitrogen and oxygen atoms in total. The SMILES string of the molecule is Cc1cc(-c2ccc(Cl)cn2)n(C)n1. The number of rotatable bonds is 1. The van der Waals surface area contributed by atoms with Crippen molar-refractivity contribution in [2.24, 2.45) is 7.05 Å². The third-order valence-corrected chi connectivity index (χ3v) is 2.22. The number of pyridine rings is 1. The van der Waals surface area contributed by atoms with Crippen LogP contribution in [0, 0.1) is 6.92 Å². The number of hydrogen-bond acceptors (Lipinski definition) is 2. The van der Waals surface area contributed by atoms with Crippen molar-refractivity contribution in [1.82, 2.24) is 14.8 Å². The van der Waals surface area contributed by atoms with Gasteiger partial charge < -0.3 is 0 Å². The van der Waals surface area contributed by atoms with Gasteiger partial charge >= 0.3 is 0 Å². The van der Waals surface area contributed by atoms with Gasteiger partial charge in [-0.2, -0.15) is 5.10 Å². The van der Waals surface area contributed by atoms with E-state index in [1.54, 1.807) is 6.20 Å². The molecule has 0 saturated carbocycles. The summed E-state index contributed by atoms with van der Waals surface area (Å²) in [5.41, 5.74) is 2.87. The maximum atomic E-state index is 5.76. The van der Waals surface area contributed by atoms with E-state index in [1.165, 1.54) is 0 Å². The molecule has 0 spiro atoms. The lowest BCUT2D eigenvalue weighted by Crippen LogP contribution is -1.94. The Morgan fingerprint density at radius 1 is 1.36 bits per heavy atom. The molecule has 0 aliphatic rings. The Bertz CT molecular complexity index is 445. The molecule has 0 aromatic carbocycles. The molecule has 0 radical (unpaired) electrons. The van der Waals surface area contributed by atoms with Gasteiger partial charge in [0.2, 0.25) is 0 Å². The molecule has 14 heavy (non-hydrogen) atoms. The lowest BCUT2D eigenvalue weighted by molar-refractivity contribution is 0.762. The Kier molecular flexibility index (Phi) is 2.25. The summed E-state index contributed by atoms with van der Waals surface area (Å²) in [6.45, 7) is 1.96. The molecule has 2 aromatic rings. The summed E-state index contributed by atoms with van der Waals surface area (Å²) < 4.78 is 1.81. The van der Waals surface area contributed by atoms with Crippen molar-refractivity contribution in [3.05, 3.63) is 35.1 Å². The van der Waals surface area contributed by atoms with E-state index in [9.17, 15) is 0 Å². The van der Waals surface area contributed by atoms with Crippen molar-refractivity contribution < 1.29 is 0 Å². The van der Waals surface area contributed by atoms with E-state index in [-0.39, 0.29) is 0 Å². The van der Waals surface area contributed by atoms with Gasteiger partial charge in [-0.25, -0.2) is 0 Å². The second-order valence-electron chi connectivity index (χ2n) is 3.16. The third kappa shape index (κ3) is 1.63. The van der Waals surface area contributed by atoms with E-state index in [4.69, 9.17) is 11.6 Å². The minimum Gasteiger partial charge on any atom is -0.266 e. The molecule has 2 aromatic heterocycles. The molecule has 2 rings (SSSR count). The fourth-order valence-electron chi connectivity index (χ4n) is 1.38. The first kappa shape index (κ1) is 9.21.